The number of carbonyl (C=O) groups is 2. The number of rotatable bonds is 4. The van der Waals surface area contributed by atoms with Gasteiger partial charge < -0.3 is 9.47 Å². The normalized spacial score (nSPS) is 18.6. The molecule has 2 aliphatic rings. The number of hydrazine groups is 1. The van der Waals surface area contributed by atoms with E-state index in [2.05, 4.69) is 10.9 Å². The predicted molar refractivity (Wildman–Crippen MR) is 106 cm³/mol. The molecular formula is C20H21N3O6S. The maximum atomic E-state index is 12.5. The SMILES string of the molecule is O=C(NNC(=O)[C@H]1COc2ccccc2O1)c1ccc(S(=O)(=O)N2CCCC2)cc1. The Morgan fingerprint density at radius 2 is 1.60 bits per heavy atom. The molecule has 2 aliphatic heterocycles. The molecule has 30 heavy (non-hydrogen) atoms. The van der Waals surface area contributed by atoms with Crippen molar-refractivity contribution < 1.29 is 27.5 Å². The number of ether oxygens (including phenoxy) is 2. The maximum Gasteiger partial charge on any atom is 0.283 e. The summed E-state index contributed by atoms with van der Waals surface area (Å²) in [5.41, 5.74) is 4.81. The molecule has 0 unspecified atom stereocenters. The Kier molecular flexibility index (Phi) is 5.60. The van der Waals surface area contributed by atoms with Gasteiger partial charge in [0.1, 0.15) is 6.61 Å². The second kappa shape index (κ2) is 8.33. The molecule has 0 radical (unpaired) electrons. The van der Waals surface area contributed by atoms with E-state index in [9.17, 15) is 18.0 Å². The topological polar surface area (TPSA) is 114 Å². The van der Waals surface area contributed by atoms with Crippen molar-refractivity contribution in [2.75, 3.05) is 19.7 Å². The van der Waals surface area contributed by atoms with Gasteiger partial charge in [-0.1, -0.05) is 12.1 Å². The van der Waals surface area contributed by atoms with Crippen molar-refractivity contribution in [2.45, 2.75) is 23.8 Å². The fourth-order valence-corrected chi connectivity index (χ4v) is 4.79. The van der Waals surface area contributed by atoms with Gasteiger partial charge in [0, 0.05) is 18.7 Å². The summed E-state index contributed by atoms with van der Waals surface area (Å²) in [4.78, 5) is 24.7. The minimum absolute atomic E-state index is 0.0156. The lowest BCUT2D eigenvalue weighted by Gasteiger charge is -2.25. The highest BCUT2D eigenvalue weighted by Gasteiger charge is 2.28. The van der Waals surface area contributed by atoms with Gasteiger partial charge >= 0.3 is 0 Å². The number of fused-ring (bicyclic) bond motifs is 1. The molecule has 1 fully saturated rings. The molecule has 0 aromatic heterocycles. The molecule has 0 spiro atoms. The van der Waals surface area contributed by atoms with Gasteiger partial charge in [-0.25, -0.2) is 8.42 Å². The average Bonchev–Trinajstić information content (AvgIpc) is 3.33. The maximum absolute atomic E-state index is 12.5. The number of amides is 2. The van der Waals surface area contributed by atoms with Crippen LogP contribution < -0.4 is 20.3 Å². The molecule has 9 nitrogen and oxygen atoms in total. The van der Waals surface area contributed by atoms with Crippen LogP contribution in [0, 0.1) is 0 Å². The fraction of sp³-hybridized carbons (Fsp3) is 0.300. The highest BCUT2D eigenvalue weighted by molar-refractivity contribution is 7.89. The lowest BCUT2D eigenvalue weighted by Crippen LogP contribution is -2.50. The van der Waals surface area contributed by atoms with Crippen LogP contribution in [0.4, 0.5) is 0 Å². The molecular weight excluding hydrogens is 410 g/mol. The zero-order chi connectivity index (χ0) is 21.1. The lowest BCUT2D eigenvalue weighted by molar-refractivity contribution is -0.131. The van der Waals surface area contributed by atoms with Crippen LogP contribution in [-0.2, 0) is 14.8 Å². The molecule has 2 amide bonds. The van der Waals surface area contributed by atoms with Crippen molar-refractivity contribution in [3.63, 3.8) is 0 Å². The summed E-state index contributed by atoms with van der Waals surface area (Å²) in [7, 11) is -3.54. The van der Waals surface area contributed by atoms with Crippen molar-refractivity contribution in [3.8, 4) is 11.5 Å². The molecule has 158 valence electrons. The third kappa shape index (κ3) is 4.10. The number of carbonyl (C=O) groups excluding carboxylic acids is 2. The quantitative estimate of drug-likeness (QED) is 0.700. The van der Waals surface area contributed by atoms with Gasteiger partial charge in [-0.2, -0.15) is 4.31 Å². The van der Waals surface area contributed by atoms with Crippen LogP contribution in [0.25, 0.3) is 0 Å². The molecule has 0 bridgehead atoms. The second-order valence-corrected chi connectivity index (χ2v) is 8.88. The highest BCUT2D eigenvalue weighted by Crippen LogP contribution is 2.30. The molecule has 2 aromatic carbocycles. The number of nitrogens with zero attached hydrogens (tertiary/aromatic N) is 1. The Morgan fingerprint density at radius 1 is 0.933 bits per heavy atom. The number of para-hydroxylation sites is 2. The zero-order valence-electron chi connectivity index (χ0n) is 16.0. The molecule has 1 saturated heterocycles. The molecule has 1 atom stereocenters. The van der Waals surface area contributed by atoms with E-state index >= 15 is 0 Å². The van der Waals surface area contributed by atoms with Crippen molar-refractivity contribution >= 4 is 21.8 Å². The minimum atomic E-state index is -3.54. The Morgan fingerprint density at radius 3 is 2.30 bits per heavy atom. The highest BCUT2D eigenvalue weighted by atomic mass is 32.2. The van der Waals surface area contributed by atoms with Gasteiger partial charge in [0.2, 0.25) is 16.1 Å². The Balaban J connectivity index is 1.33. The van der Waals surface area contributed by atoms with Crippen molar-refractivity contribution in [1.29, 1.82) is 0 Å². The number of nitrogens with one attached hydrogen (secondary N) is 2. The van der Waals surface area contributed by atoms with Gasteiger partial charge in [-0.3, -0.25) is 20.4 Å². The monoisotopic (exact) mass is 431 g/mol. The minimum Gasteiger partial charge on any atom is -0.485 e. The fourth-order valence-electron chi connectivity index (χ4n) is 3.28. The Labute approximate surface area is 174 Å². The third-order valence-corrected chi connectivity index (χ3v) is 6.83. The van der Waals surface area contributed by atoms with Crippen LogP contribution in [0.2, 0.25) is 0 Å². The summed E-state index contributed by atoms with van der Waals surface area (Å²) in [5.74, 6) is -0.142. The molecule has 0 saturated carbocycles. The lowest BCUT2D eigenvalue weighted by atomic mass is 10.2. The van der Waals surface area contributed by atoms with Gasteiger partial charge in [-0.05, 0) is 49.2 Å². The molecule has 2 N–H and O–H groups in total. The summed E-state index contributed by atoms with van der Waals surface area (Å²) in [6.45, 7) is 1.03. The number of hydrogen-bond donors (Lipinski definition) is 2. The van der Waals surface area contributed by atoms with Gasteiger partial charge in [-0.15, -0.1) is 0 Å². The molecule has 10 heteroatoms. The standard InChI is InChI=1S/C20H21N3O6S/c24-19(14-7-9-15(10-8-14)30(26,27)23-11-3-4-12-23)21-22-20(25)18-13-28-16-5-1-2-6-17(16)29-18/h1-2,5-10,18H,3-4,11-13H2,(H,21,24)(H,22,25)/t18-/m1/s1. The second-order valence-electron chi connectivity index (χ2n) is 6.94. The van der Waals surface area contributed by atoms with E-state index < -0.39 is 27.9 Å². The van der Waals surface area contributed by atoms with Crippen LogP contribution >= 0.6 is 0 Å². The smallest absolute Gasteiger partial charge is 0.283 e. The van der Waals surface area contributed by atoms with Crippen molar-refractivity contribution in [2.24, 2.45) is 0 Å². The number of sulfonamides is 1. The predicted octanol–water partition coefficient (Wildman–Crippen LogP) is 1.07. The van der Waals surface area contributed by atoms with Crippen LogP contribution in [0.1, 0.15) is 23.2 Å². The van der Waals surface area contributed by atoms with Gasteiger partial charge in [0.15, 0.2) is 11.5 Å². The van der Waals surface area contributed by atoms with Gasteiger partial charge in [0.25, 0.3) is 11.8 Å². The Hall–Kier alpha value is -3.11. The van der Waals surface area contributed by atoms with E-state index in [1.807, 2.05) is 0 Å². The van der Waals surface area contributed by atoms with Crippen LogP contribution in [0.3, 0.4) is 0 Å². The van der Waals surface area contributed by atoms with Crippen LogP contribution in [-0.4, -0.2) is 50.3 Å². The van der Waals surface area contributed by atoms with Crippen LogP contribution in [0.15, 0.2) is 53.4 Å². The summed E-state index contributed by atoms with van der Waals surface area (Å²) in [5, 5.41) is 0. The molecule has 4 rings (SSSR count). The van der Waals surface area contributed by atoms with E-state index in [4.69, 9.17) is 9.47 Å². The Bertz CT molecular complexity index is 1050. The summed E-state index contributed by atoms with van der Waals surface area (Å²) < 4.78 is 37.6. The van der Waals surface area contributed by atoms with Gasteiger partial charge in [0.05, 0.1) is 4.90 Å². The van der Waals surface area contributed by atoms with E-state index in [0.29, 0.717) is 24.6 Å². The van der Waals surface area contributed by atoms with Crippen molar-refractivity contribution in [1.82, 2.24) is 15.2 Å². The first-order chi connectivity index (χ1) is 14.4. The van der Waals surface area contributed by atoms with Crippen molar-refractivity contribution in [3.05, 3.63) is 54.1 Å². The van der Waals surface area contributed by atoms with E-state index in [1.54, 1.807) is 24.3 Å². The number of hydrogen-bond acceptors (Lipinski definition) is 6. The summed E-state index contributed by atoms with van der Waals surface area (Å²) in [6.07, 6.45) is 0.787. The largest absolute Gasteiger partial charge is 0.485 e. The van der Waals surface area contributed by atoms with E-state index in [-0.39, 0.29) is 17.1 Å². The average molecular weight is 431 g/mol. The van der Waals surface area contributed by atoms with E-state index in [1.165, 1.54) is 28.6 Å². The molecule has 2 heterocycles. The molecule has 0 aliphatic carbocycles. The molecule has 2 aromatic rings. The summed E-state index contributed by atoms with van der Waals surface area (Å²) >= 11 is 0. The first-order valence-corrected chi connectivity index (χ1v) is 11.0. The first-order valence-electron chi connectivity index (χ1n) is 9.54. The zero-order valence-corrected chi connectivity index (χ0v) is 16.9. The summed E-state index contributed by atoms with van der Waals surface area (Å²) in [6, 6.07) is 12.6. The third-order valence-electron chi connectivity index (χ3n) is 4.92. The number of benzene rings is 2. The first kappa shape index (κ1) is 20.2. The van der Waals surface area contributed by atoms with Crippen LogP contribution in [0.5, 0.6) is 11.5 Å². The van der Waals surface area contributed by atoms with E-state index in [0.717, 1.165) is 12.8 Å².